The Labute approximate surface area is 130 Å². The van der Waals surface area contributed by atoms with E-state index in [4.69, 9.17) is 16.7 Å². The minimum absolute atomic E-state index is 0.0645. The molecule has 0 amide bonds. The lowest BCUT2D eigenvalue weighted by molar-refractivity contribution is 0.0702. The maximum Gasteiger partial charge on any atom is 0.349 e. The Morgan fingerprint density at radius 1 is 1.24 bits per heavy atom. The molecule has 2 aromatic heterocycles. The summed E-state index contributed by atoms with van der Waals surface area (Å²) in [5.41, 5.74) is 0. The van der Waals surface area contributed by atoms with Crippen LogP contribution in [0.5, 0.6) is 0 Å². The summed E-state index contributed by atoms with van der Waals surface area (Å²) in [6.07, 6.45) is 1.78. The van der Waals surface area contributed by atoms with Gasteiger partial charge in [0.2, 0.25) is 0 Å². The van der Waals surface area contributed by atoms with Crippen molar-refractivity contribution in [2.75, 3.05) is 36.0 Å². The molecule has 3 rings (SSSR count). The Morgan fingerprint density at radius 3 is 2.52 bits per heavy atom. The average Bonchev–Trinajstić information content (AvgIpc) is 2.90. The van der Waals surface area contributed by atoms with Crippen LogP contribution in [0.2, 0.25) is 5.15 Å². The summed E-state index contributed by atoms with van der Waals surface area (Å²) in [5, 5.41) is 9.75. The zero-order valence-electron chi connectivity index (χ0n) is 11.1. The van der Waals surface area contributed by atoms with Gasteiger partial charge in [-0.15, -0.1) is 0 Å². The molecule has 0 atom stereocenters. The van der Waals surface area contributed by atoms with Gasteiger partial charge < -0.3 is 14.9 Å². The topological polar surface area (TPSA) is 69.6 Å². The highest BCUT2D eigenvalue weighted by Gasteiger charge is 2.23. The molecule has 3 heterocycles. The van der Waals surface area contributed by atoms with E-state index >= 15 is 0 Å². The second kappa shape index (κ2) is 5.87. The number of thiazole rings is 1. The molecule has 1 aliphatic rings. The fourth-order valence-corrected chi connectivity index (χ4v) is 3.40. The van der Waals surface area contributed by atoms with Gasteiger partial charge >= 0.3 is 5.97 Å². The molecule has 21 heavy (non-hydrogen) atoms. The monoisotopic (exact) mass is 324 g/mol. The molecule has 0 saturated carbocycles. The fraction of sp³-hybridized carbons (Fsp3) is 0.308. The number of halogens is 1. The summed E-state index contributed by atoms with van der Waals surface area (Å²) < 4.78 is 0. The highest BCUT2D eigenvalue weighted by molar-refractivity contribution is 7.18. The zero-order chi connectivity index (χ0) is 14.8. The van der Waals surface area contributed by atoms with Crippen molar-refractivity contribution in [1.29, 1.82) is 0 Å². The molecule has 0 spiro atoms. The number of hydrogen-bond donors (Lipinski definition) is 1. The Morgan fingerprint density at radius 2 is 1.95 bits per heavy atom. The number of pyridine rings is 1. The van der Waals surface area contributed by atoms with Crippen molar-refractivity contribution in [3.05, 3.63) is 34.4 Å². The minimum Gasteiger partial charge on any atom is -0.477 e. The smallest absolute Gasteiger partial charge is 0.349 e. The summed E-state index contributed by atoms with van der Waals surface area (Å²) in [5.74, 6) is -0.0728. The molecule has 110 valence electrons. The molecule has 0 unspecified atom stereocenters. The molecule has 0 radical (unpaired) electrons. The lowest BCUT2D eigenvalue weighted by Gasteiger charge is -2.35. The van der Waals surface area contributed by atoms with Crippen molar-refractivity contribution in [2.45, 2.75) is 0 Å². The third-order valence-corrected chi connectivity index (χ3v) is 4.78. The number of aromatic nitrogens is 2. The van der Waals surface area contributed by atoms with Gasteiger partial charge in [0.1, 0.15) is 5.82 Å². The molecule has 6 nitrogen and oxygen atoms in total. The number of aromatic carboxylic acids is 1. The number of carboxylic acid groups (broad SMARTS) is 1. The van der Waals surface area contributed by atoms with E-state index in [1.165, 1.54) is 0 Å². The first kappa shape index (κ1) is 14.1. The summed E-state index contributed by atoms with van der Waals surface area (Å²) in [7, 11) is 0. The quantitative estimate of drug-likeness (QED) is 0.933. The summed E-state index contributed by atoms with van der Waals surface area (Å²) in [6, 6.07) is 5.84. The largest absolute Gasteiger partial charge is 0.477 e. The van der Waals surface area contributed by atoms with Gasteiger partial charge in [-0.1, -0.05) is 29.0 Å². The van der Waals surface area contributed by atoms with Crippen LogP contribution < -0.4 is 9.80 Å². The predicted octanol–water partition coefficient (Wildman–Crippen LogP) is 2.22. The molecule has 1 saturated heterocycles. The normalized spacial score (nSPS) is 15.3. The third kappa shape index (κ3) is 2.93. The van der Waals surface area contributed by atoms with Crippen LogP contribution in [0.25, 0.3) is 0 Å². The molecule has 8 heteroatoms. The first-order valence-electron chi connectivity index (χ1n) is 6.45. The number of carbonyl (C=O) groups is 1. The molecule has 1 fully saturated rings. The van der Waals surface area contributed by atoms with Gasteiger partial charge in [0.25, 0.3) is 0 Å². The van der Waals surface area contributed by atoms with E-state index in [1.807, 2.05) is 18.2 Å². The summed E-state index contributed by atoms with van der Waals surface area (Å²) >= 11 is 6.98. The summed E-state index contributed by atoms with van der Waals surface area (Å²) in [6.45, 7) is 3.16. The fourth-order valence-electron chi connectivity index (χ4n) is 2.23. The van der Waals surface area contributed by atoms with Crippen molar-refractivity contribution in [2.24, 2.45) is 0 Å². The van der Waals surface area contributed by atoms with Crippen LogP contribution in [0.1, 0.15) is 9.67 Å². The number of carboxylic acids is 1. The molecule has 0 aromatic carbocycles. The maximum atomic E-state index is 11.0. The number of nitrogens with zero attached hydrogens (tertiary/aromatic N) is 4. The SMILES string of the molecule is O=C(O)c1sc(N2CCN(c3ccccn3)CC2)nc1Cl. The second-order valence-corrected chi connectivity index (χ2v) is 5.92. The van der Waals surface area contributed by atoms with Crippen molar-refractivity contribution in [3.63, 3.8) is 0 Å². The van der Waals surface area contributed by atoms with Gasteiger partial charge in [0.05, 0.1) is 0 Å². The van der Waals surface area contributed by atoms with Crippen LogP contribution >= 0.6 is 22.9 Å². The molecular weight excluding hydrogens is 312 g/mol. The van der Waals surface area contributed by atoms with E-state index in [9.17, 15) is 4.79 Å². The van der Waals surface area contributed by atoms with Gasteiger partial charge in [-0.25, -0.2) is 14.8 Å². The predicted molar refractivity (Wildman–Crippen MR) is 82.7 cm³/mol. The van der Waals surface area contributed by atoms with E-state index in [2.05, 4.69) is 19.8 Å². The van der Waals surface area contributed by atoms with Gasteiger partial charge in [-0.2, -0.15) is 0 Å². The lowest BCUT2D eigenvalue weighted by Crippen LogP contribution is -2.46. The highest BCUT2D eigenvalue weighted by atomic mass is 35.5. The van der Waals surface area contributed by atoms with Crippen molar-refractivity contribution in [1.82, 2.24) is 9.97 Å². The van der Waals surface area contributed by atoms with Crippen molar-refractivity contribution < 1.29 is 9.90 Å². The molecule has 0 bridgehead atoms. The number of piperazine rings is 1. The summed E-state index contributed by atoms with van der Waals surface area (Å²) in [4.78, 5) is 23.8. The van der Waals surface area contributed by atoms with Crippen molar-refractivity contribution >= 4 is 39.9 Å². The lowest BCUT2D eigenvalue weighted by atomic mass is 10.3. The molecule has 1 N–H and O–H groups in total. The van der Waals surface area contributed by atoms with E-state index in [0.717, 1.165) is 43.3 Å². The molecule has 0 aliphatic carbocycles. The third-order valence-electron chi connectivity index (χ3n) is 3.29. The van der Waals surface area contributed by atoms with Gasteiger partial charge in [0.15, 0.2) is 15.2 Å². The van der Waals surface area contributed by atoms with Gasteiger partial charge in [0, 0.05) is 32.4 Å². The number of rotatable bonds is 3. The first-order chi connectivity index (χ1) is 10.1. The van der Waals surface area contributed by atoms with E-state index in [0.29, 0.717) is 5.13 Å². The Bertz CT molecular complexity index is 641. The van der Waals surface area contributed by atoms with Crippen LogP contribution in [-0.2, 0) is 0 Å². The van der Waals surface area contributed by atoms with Crippen LogP contribution in [0.3, 0.4) is 0 Å². The Balaban J connectivity index is 1.68. The minimum atomic E-state index is -1.03. The second-order valence-electron chi connectivity index (χ2n) is 4.58. The zero-order valence-corrected chi connectivity index (χ0v) is 12.6. The van der Waals surface area contributed by atoms with Crippen LogP contribution in [0.15, 0.2) is 24.4 Å². The van der Waals surface area contributed by atoms with Gasteiger partial charge in [-0.05, 0) is 12.1 Å². The van der Waals surface area contributed by atoms with Crippen LogP contribution in [-0.4, -0.2) is 47.2 Å². The number of anilines is 2. The highest BCUT2D eigenvalue weighted by Crippen LogP contribution is 2.30. The Kier molecular flexibility index (Phi) is 3.94. The van der Waals surface area contributed by atoms with Crippen LogP contribution in [0, 0.1) is 0 Å². The first-order valence-corrected chi connectivity index (χ1v) is 7.65. The Hall–Kier alpha value is -1.86. The van der Waals surface area contributed by atoms with E-state index < -0.39 is 5.97 Å². The molecule has 2 aromatic rings. The average molecular weight is 325 g/mol. The molecule has 1 aliphatic heterocycles. The standard InChI is InChI=1S/C13H13ClN4O2S/c14-11-10(12(19)20)21-13(16-11)18-7-5-17(6-8-18)9-3-1-2-4-15-9/h1-4H,5-8H2,(H,19,20). The number of hydrogen-bond acceptors (Lipinski definition) is 6. The van der Waals surface area contributed by atoms with Crippen molar-refractivity contribution in [3.8, 4) is 0 Å². The van der Waals surface area contributed by atoms with E-state index in [1.54, 1.807) is 6.20 Å². The van der Waals surface area contributed by atoms with Crippen LogP contribution in [0.4, 0.5) is 10.9 Å². The maximum absolute atomic E-state index is 11.0. The van der Waals surface area contributed by atoms with Gasteiger partial charge in [-0.3, -0.25) is 0 Å². The molecular formula is C13H13ClN4O2S. The van der Waals surface area contributed by atoms with E-state index in [-0.39, 0.29) is 10.0 Å².